The molecule has 0 bridgehead atoms. The molecule has 0 spiro atoms. The highest BCUT2D eigenvalue weighted by molar-refractivity contribution is 7.86. The molecule has 9 heteroatoms. The van der Waals surface area contributed by atoms with Gasteiger partial charge >= 0.3 is 11.9 Å². The van der Waals surface area contributed by atoms with E-state index in [1.165, 1.54) is 42.5 Å². The Labute approximate surface area is 226 Å². The minimum atomic E-state index is -4.67. The lowest BCUT2D eigenvalue weighted by Gasteiger charge is -2.23. The number of esters is 2. The van der Waals surface area contributed by atoms with Crippen molar-refractivity contribution >= 4 is 39.9 Å². The first-order chi connectivity index (χ1) is 18.7. The largest absolute Gasteiger partial charge is 0.465 e. The van der Waals surface area contributed by atoms with Crippen LogP contribution in [0.2, 0.25) is 0 Å². The van der Waals surface area contributed by atoms with E-state index in [-0.39, 0.29) is 27.4 Å². The van der Waals surface area contributed by atoms with Gasteiger partial charge in [-0.15, -0.1) is 0 Å². The van der Waals surface area contributed by atoms with Crippen molar-refractivity contribution in [3.05, 3.63) is 120 Å². The quantitative estimate of drug-likeness (QED) is 0.244. The van der Waals surface area contributed by atoms with Crippen LogP contribution in [0.5, 0.6) is 0 Å². The Morgan fingerprint density at radius 2 is 1.49 bits per heavy atom. The molecule has 3 aromatic carbocycles. The zero-order chi connectivity index (χ0) is 28.0. The van der Waals surface area contributed by atoms with Gasteiger partial charge in [0.2, 0.25) is 0 Å². The molecule has 8 nitrogen and oxygen atoms in total. The monoisotopic (exact) mass is 543 g/mol. The van der Waals surface area contributed by atoms with Gasteiger partial charge in [-0.05, 0) is 46.5 Å². The van der Waals surface area contributed by atoms with Crippen LogP contribution in [0, 0.1) is 0 Å². The highest BCUT2D eigenvalue weighted by atomic mass is 32.2. The summed E-state index contributed by atoms with van der Waals surface area (Å²) in [6.45, 7) is 0. The van der Waals surface area contributed by atoms with E-state index in [0.717, 1.165) is 23.8 Å². The number of carbonyl (C=O) groups is 2. The third-order valence-electron chi connectivity index (χ3n) is 5.92. The number of methoxy groups -OCH3 is 2. The Balaban J connectivity index is 1.73. The van der Waals surface area contributed by atoms with Crippen molar-refractivity contribution in [1.82, 2.24) is 0 Å². The van der Waals surface area contributed by atoms with Gasteiger partial charge < -0.3 is 14.4 Å². The number of carbonyl (C=O) groups excluding carboxylic acids is 2. The fourth-order valence-corrected chi connectivity index (χ4v) is 4.71. The molecule has 1 aliphatic heterocycles. The number of anilines is 1. The van der Waals surface area contributed by atoms with Gasteiger partial charge in [0, 0.05) is 11.9 Å². The lowest BCUT2D eigenvalue weighted by Crippen LogP contribution is -2.27. The van der Waals surface area contributed by atoms with Crippen LogP contribution in [0.1, 0.15) is 11.1 Å². The maximum atomic E-state index is 12.7. The zero-order valence-electron chi connectivity index (χ0n) is 21.1. The molecule has 0 saturated carbocycles. The molecule has 0 unspecified atom stereocenters. The number of hydrogen-bond donors (Lipinski definition) is 1. The summed E-state index contributed by atoms with van der Waals surface area (Å²) in [5, 5.41) is 0. The van der Waals surface area contributed by atoms with E-state index in [4.69, 9.17) is 9.47 Å². The van der Waals surface area contributed by atoms with E-state index >= 15 is 0 Å². The maximum Gasteiger partial charge on any atom is 0.355 e. The highest BCUT2D eigenvalue weighted by Gasteiger charge is 2.28. The molecule has 1 N–H and O–H groups in total. The van der Waals surface area contributed by atoms with Crippen molar-refractivity contribution in [2.24, 2.45) is 0 Å². The van der Waals surface area contributed by atoms with Crippen LogP contribution in [0.25, 0.3) is 23.3 Å². The van der Waals surface area contributed by atoms with Crippen molar-refractivity contribution < 1.29 is 32.0 Å². The third-order valence-corrected chi connectivity index (χ3v) is 6.82. The predicted molar refractivity (Wildman–Crippen MR) is 149 cm³/mol. The summed E-state index contributed by atoms with van der Waals surface area (Å²) in [6.07, 6.45) is 9.23. The molecular weight excluding hydrogens is 518 g/mol. The molecule has 4 rings (SSSR count). The first kappa shape index (κ1) is 27.3. The van der Waals surface area contributed by atoms with Gasteiger partial charge in [-0.2, -0.15) is 8.42 Å². The van der Waals surface area contributed by atoms with Crippen LogP contribution in [0.4, 0.5) is 5.69 Å². The van der Waals surface area contributed by atoms with E-state index in [2.05, 4.69) is 0 Å². The van der Waals surface area contributed by atoms with E-state index < -0.39 is 22.1 Å². The number of rotatable bonds is 7. The van der Waals surface area contributed by atoms with Crippen LogP contribution in [-0.2, 0) is 29.2 Å². The van der Waals surface area contributed by atoms with Crippen LogP contribution < -0.4 is 4.90 Å². The number of ether oxygens (including phenoxy) is 2. The van der Waals surface area contributed by atoms with E-state index in [1.807, 2.05) is 54.6 Å². The van der Waals surface area contributed by atoms with Gasteiger partial charge in [-0.25, -0.2) is 9.59 Å². The van der Waals surface area contributed by atoms with E-state index in [9.17, 15) is 22.6 Å². The molecule has 0 radical (unpaired) electrons. The molecule has 0 amide bonds. The second-order valence-corrected chi connectivity index (χ2v) is 9.72. The van der Waals surface area contributed by atoms with Gasteiger partial charge in [0.1, 0.15) is 10.6 Å². The molecule has 0 atom stereocenters. The average molecular weight is 544 g/mol. The molecular formula is C30H25NO7S. The molecule has 1 heterocycles. The van der Waals surface area contributed by atoms with Crippen molar-refractivity contribution in [3.63, 3.8) is 0 Å². The highest BCUT2D eigenvalue weighted by Crippen LogP contribution is 2.31. The maximum absolute atomic E-state index is 12.7. The Morgan fingerprint density at radius 3 is 2.13 bits per heavy atom. The van der Waals surface area contributed by atoms with Crippen LogP contribution in [-0.4, -0.2) is 39.1 Å². The minimum absolute atomic E-state index is 0.0920. The number of allylic oxidation sites excluding steroid dienone is 2. The van der Waals surface area contributed by atoms with Crippen LogP contribution in [0.3, 0.4) is 0 Å². The van der Waals surface area contributed by atoms with Crippen LogP contribution >= 0.6 is 0 Å². The smallest absolute Gasteiger partial charge is 0.355 e. The Hall–Kier alpha value is -4.73. The summed E-state index contributed by atoms with van der Waals surface area (Å²) < 4.78 is 44.4. The molecule has 0 fully saturated rings. The second kappa shape index (κ2) is 11.8. The summed E-state index contributed by atoms with van der Waals surface area (Å²) in [7, 11) is -2.34. The van der Waals surface area contributed by atoms with Gasteiger partial charge in [-0.1, -0.05) is 78.9 Å². The summed E-state index contributed by atoms with van der Waals surface area (Å²) >= 11 is 0. The first-order valence-corrected chi connectivity index (χ1v) is 13.2. The van der Waals surface area contributed by atoms with E-state index in [0.29, 0.717) is 0 Å². The molecule has 198 valence electrons. The zero-order valence-corrected chi connectivity index (χ0v) is 22.0. The van der Waals surface area contributed by atoms with Crippen molar-refractivity contribution in [2.75, 3.05) is 19.1 Å². The van der Waals surface area contributed by atoms with E-state index in [1.54, 1.807) is 24.3 Å². The van der Waals surface area contributed by atoms with Gasteiger partial charge in [0.25, 0.3) is 10.1 Å². The van der Waals surface area contributed by atoms with Crippen molar-refractivity contribution in [2.45, 2.75) is 4.90 Å². The normalized spacial score (nSPS) is 13.5. The number of hydrogen-bond acceptors (Lipinski definition) is 7. The molecule has 1 aliphatic rings. The Kier molecular flexibility index (Phi) is 8.24. The van der Waals surface area contributed by atoms with Crippen LogP contribution in [0.15, 0.2) is 113 Å². The fourth-order valence-electron chi connectivity index (χ4n) is 4.00. The number of nitrogens with zero attached hydrogens (tertiary/aromatic N) is 1. The van der Waals surface area contributed by atoms with Gasteiger partial charge in [0.05, 0.1) is 19.8 Å². The molecule has 39 heavy (non-hydrogen) atoms. The predicted octanol–water partition coefficient (Wildman–Crippen LogP) is 5.26. The molecule has 0 aromatic heterocycles. The van der Waals surface area contributed by atoms with Gasteiger partial charge in [0.15, 0.2) is 0 Å². The van der Waals surface area contributed by atoms with Gasteiger partial charge in [-0.3, -0.25) is 4.55 Å². The summed E-state index contributed by atoms with van der Waals surface area (Å²) in [4.78, 5) is 26.0. The summed E-state index contributed by atoms with van der Waals surface area (Å²) in [6, 6.07) is 21.9. The average Bonchev–Trinajstić information content (AvgIpc) is 3.18. The molecule has 0 saturated heterocycles. The lowest BCUT2D eigenvalue weighted by molar-refractivity contribution is -0.139. The second-order valence-electron chi connectivity index (χ2n) is 8.33. The summed E-state index contributed by atoms with van der Waals surface area (Å²) in [5.41, 5.74) is 3.07. The first-order valence-electron chi connectivity index (χ1n) is 11.7. The lowest BCUT2D eigenvalue weighted by atomic mass is 10.0. The minimum Gasteiger partial charge on any atom is -0.465 e. The number of benzene rings is 3. The summed E-state index contributed by atoms with van der Waals surface area (Å²) in [5.74, 6) is -1.63. The van der Waals surface area contributed by atoms with Crippen molar-refractivity contribution in [3.8, 4) is 11.1 Å². The topological polar surface area (TPSA) is 110 Å². The molecule has 0 aliphatic carbocycles. The SMILES string of the molecule is COC(=O)C1=C(C(=O)OC)N(c2ccc(C=Cc3ccc(-c4ccccc4)cc3)c(S(=O)(=O)O)c2)C=CC=C1. The molecule has 3 aromatic rings. The Bertz CT molecular complexity index is 1620. The van der Waals surface area contributed by atoms with Crippen molar-refractivity contribution in [1.29, 1.82) is 0 Å². The fraction of sp³-hybridized carbons (Fsp3) is 0.0667. The third kappa shape index (κ3) is 6.23. The Morgan fingerprint density at radius 1 is 0.821 bits per heavy atom. The standard InChI is InChI=1S/C30H25NO7S/c1-37-29(32)26-10-6-7-19-31(28(26)30(33)38-2)25-18-17-24(27(20-25)39(34,35)36)16-13-21-11-14-23(15-12-21)22-8-4-3-5-9-22/h3-20H,1-2H3,(H,34,35,36).